The highest BCUT2D eigenvalue weighted by molar-refractivity contribution is 5.94. The molecule has 2 heterocycles. The Labute approximate surface area is 142 Å². The minimum atomic E-state index is -0.0439. The van der Waals surface area contributed by atoms with Gasteiger partial charge in [0, 0.05) is 25.5 Å². The van der Waals surface area contributed by atoms with Crippen LogP contribution in [0.3, 0.4) is 0 Å². The highest BCUT2D eigenvalue weighted by atomic mass is 35.5. The Balaban J connectivity index is 0.00000192. The van der Waals surface area contributed by atoms with Crippen LogP contribution in [0.5, 0.6) is 0 Å². The number of rotatable bonds is 6. The summed E-state index contributed by atoms with van der Waals surface area (Å²) in [5.74, 6) is -0.0439. The average Bonchev–Trinajstić information content (AvgIpc) is 3.21. The van der Waals surface area contributed by atoms with E-state index in [1.54, 1.807) is 0 Å². The summed E-state index contributed by atoms with van der Waals surface area (Å²) in [5.41, 5.74) is 1.77. The molecule has 1 unspecified atom stereocenters. The minimum Gasteiger partial charge on any atom is -1.00 e. The van der Waals surface area contributed by atoms with E-state index in [-0.39, 0.29) is 24.4 Å². The summed E-state index contributed by atoms with van der Waals surface area (Å²) in [7, 11) is 0. The standard InChI is InChI=1S/C17H21N3O2.ClH/c21-17(13-18-12-14-6-5-11-22-14)19-15-7-1-2-8-16(15)20-9-3-4-10-20;/h1-4,7-10,14,18H,5-6,11-13H2,(H,19,21);1H/p-1. The lowest BCUT2D eigenvalue weighted by atomic mass is 10.2. The van der Waals surface area contributed by atoms with Gasteiger partial charge in [-0.1, -0.05) is 12.1 Å². The van der Waals surface area contributed by atoms with E-state index < -0.39 is 0 Å². The number of nitrogens with zero attached hydrogens (tertiary/aromatic N) is 1. The van der Waals surface area contributed by atoms with Gasteiger partial charge in [0.2, 0.25) is 5.91 Å². The molecule has 6 heteroatoms. The van der Waals surface area contributed by atoms with E-state index in [0.717, 1.165) is 37.4 Å². The maximum absolute atomic E-state index is 12.1. The molecule has 1 atom stereocenters. The van der Waals surface area contributed by atoms with Gasteiger partial charge in [0.1, 0.15) is 0 Å². The van der Waals surface area contributed by atoms with Crippen molar-refractivity contribution >= 4 is 11.6 Å². The van der Waals surface area contributed by atoms with E-state index in [1.165, 1.54) is 0 Å². The second-order valence-corrected chi connectivity index (χ2v) is 5.42. The van der Waals surface area contributed by atoms with Crippen LogP contribution in [0, 0.1) is 0 Å². The van der Waals surface area contributed by atoms with Gasteiger partial charge in [-0.3, -0.25) is 4.79 Å². The molecule has 124 valence electrons. The van der Waals surface area contributed by atoms with Crippen molar-refractivity contribution in [2.75, 3.05) is 25.0 Å². The van der Waals surface area contributed by atoms with Crippen LogP contribution in [0.4, 0.5) is 5.69 Å². The predicted molar refractivity (Wildman–Crippen MR) is 86.2 cm³/mol. The molecule has 5 nitrogen and oxygen atoms in total. The van der Waals surface area contributed by atoms with Gasteiger partial charge in [0.05, 0.1) is 24.0 Å². The number of ether oxygens (including phenoxy) is 1. The summed E-state index contributed by atoms with van der Waals surface area (Å²) in [6.07, 6.45) is 6.36. The van der Waals surface area contributed by atoms with Crippen molar-refractivity contribution in [3.8, 4) is 5.69 Å². The van der Waals surface area contributed by atoms with Crippen LogP contribution in [-0.4, -0.2) is 36.3 Å². The van der Waals surface area contributed by atoms with Crippen LogP contribution >= 0.6 is 0 Å². The highest BCUT2D eigenvalue weighted by Gasteiger charge is 2.15. The van der Waals surface area contributed by atoms with Gasteiger partial charge in [-0.25, -0.2) is 0 Å². The van der Waals surface area contributed by atoms with E-state index >= 15 is 0 Å². The molecule has 0 spiro atoms. The number of hydrogen-bond donors (Lipinski definition) is 2. The molecular weight excluding hydrogens is 314 g/mol. The number of carbonyl (C=O) groups is 1. The molecule has 2 N–H and O–H groups in total. The monoisotopic (exact) mass is 334 g/mol. The summed E-state index contributed by atoms with van der Waals surface area (Å²) in [6.45, 7) is 1.86. The number of halogens is 1. The fraction of sp³-hybridized carbons (Fsp3) is 0.353. The van der Waals surface area contributed by atoms with Gasteiger partial charge < -0.3 is 32.3 Å². The Hall–Kier alpha value is -1.82. The molecule has 1 aromatic heterocycles. The molecule has 23 heavy (non-hydrogen) atoms. The first-order valence-corrected chi connectivity index (χ1v) is 7.67. The van der Waals surface area contributed by atoms with Crippen LogP contribution in [0.1, 0.15) is 12.8 Å². The largest absolute Gasteiger partial charge is 1.00 e. The number of amides is 1. The Morgan fingerprint density at radius 1 is 1.22 bits per heavy atom. The van der Waals surface area contributed by atoms with Crippen molar-refractivity contribution in [3.05, 3.63) is 48.8 Å². The smallest absolute Gasteiger partial charge is 0.238 e. The molecule has 1 aliphatic rings. The van der Waals surface area contributed by atoms with E-state index in [0.29, 0.717) is 6.54 Å². The van der Waals surface area contributed by atoms with Gasteiger partial charge in [0.25, 0.3) is 0 Å². The lowest BCUT2D eigenvalue weighted by Gasteiger charge is -2.13. The average molecular weight is 335 g/mol. The molecule has 1 aliphatic heterocycles. The number of nitrogens with one attached hydrogen (secondary N) is 2. The topological polar surface area (TPSA) is 55.3 Å². The molecule has 3 rings (SSSR count). The van der Waals surface area contributed by atoms with Gasteiger partial charge in [-0.15, -0.1) is 0 Å². The van der Waals surface area contributed by atoms with Crippen molar-refractivity contribution in [2.24, 2.45) is 0 Å². The van der Waals surface area contributed by atoms with Gasteiger partial charge in [-0.05, 0) is 37.1 Å². The van der Waals surface area contributed by atoms with Crippen molar-refractivity contribution in [3.63, 3.8) is 0 Å². The summed E-state index contributed by atoms with van der Waals surface area (Å²) in [4.78, 5) is 12.1. The number of carbonyl (C=O) groups excluding carboxylic acids is 1. The van der Waals surface area contributed by atoms with Crippen molar-refractivity contribution < 1.29 is 21.9 Å². The van der Waals surface area contributed by atoms with Crippen LogP contribution in [0.2, 0.25) is 0 Å². The fourth-order valence-corrected chi connectivity index (χ4v) is 2.65. The molecule has 1 fully saturated rings. The quantitative estimate of drug-likeness (QED) is 0.726. The van der Waals surface area contributed by atoms with E-state index in [1.807, 2.05) is 53.4 Å². The second-order valence-electron chi connectivity index (χ2n) is 5.42. The van der Waals surface area contributed by atoms with Crippen molar-refractivity contribution in [1.82, 2.24) is 9.88 Å². The SMILES string of the molecule is O=C(CNCC1CCCO1)Nc1ccccc1-n1cccc1.[Cl-]. The summed E-state index contributed by atoms with van der Waals surface area (Å²) in [5, 5.41) is 6.12. The molecule has 1 amide bonds. The van der Waals surface area contributed by atoms with Crippen molar-refractivity contribution in [1.29, 1.82) is 0 Å². The Kier molecular flexibility index (Phi) is 6.65. The zero-order chi connectivity index (χ0) is 15.2. The summed E-state index contributed by atoms with van der Waals surface area (Å²) >= 11 is 0. The molecular formula is C17H21ClN3O2-. The number of hydrogen-bond acceptors (Lipinski definition) is 3. The first kappa shape index (κ1) is 17.5. The number of benzene rings is 1. The van der Waals surface area contributed by atoms with E-state index in [2.05, 4.69) is 10.6 Å². The lowest BCUT2D eigenvalue weighted by Crippen LogP contribution is -3.00. The molecule has 2 aromatic rings. The molecule has 0 saturated carbocycles. The Bertz CT molecular complexity index is 610. The van der Waals surface area contributed by atoms with Crippen LogP contribution in [-0.2, 0) is 9.53 Å². The van der Waals surface area contributed by atoms with Gasteiger partial charge in [0.15, 0.2) is 0 Å². The number of anilines is 1. The van der Waals surface area contributed by atoms with Crippen LogP contribution < -0.4 is 23.0 Å². The summed E-state index contributed by atoms with van der Waals surface area (Å²) in [6, 6.07) is 11.7. The maximum Gasteiger partial charge on any atom is 0.238 e. The van der Waals surface area contributed by atoms with E-state index in [4.69, 9.17) is 4.74 Å². The Morgan fingerprint density at radius 3 is 2.74 bits per heavy atom. The number of para-hydroxylation sites is 2. The zero-order valence-electron chi connectivity index (χ0n) is 12.9. The van der Waals surface area contributed by atoms with E-state index in [9.17, 15) is 4.79 Å². The summed E-state index contributed by atoms with van der Waals surface area (Å²) < 4.78 is 7.51. The molecule has 0 aliphatic carbocycles. The first-order valence-electron chi connectivity index (χ1n) is 7.67. The van der Waals surface area contributed by atoms with Gasteiger partial charge >= 0.3 is 0 Å². The molecule has 0 radical (unpaired) electrons. The highest BCUT2D eigenvalue weighted by Crippen LogP contribution is 2.19. The number of aromatic nitrogens is 1. The third kappa shape index (κ3) is 4.82. The fourth-order valence-electron chi connectivity index (χ4n) is 2.65. The van der Waals surface area contributed by atoms with Crippen LogP contribution in [0.15, 0.2) is 48.8 Å². The molecule has 1 aromatic carbocycles. The normalized spacial score (nSPS) is 16.8. The van der Waals surface area contributed by atoms with Gasteiger partial charge in [-0.2, -0.15) is 0 Å². The third-order valence-electron chi connectivity index (χ3n) is 3.74. The maximum atomic E-state index is 12.1. The van der Waals surface area contributed by atoms with Crippen molar-refractivity contribution in [2.45, 2.75) is 18.9 Å². The molecule has 0 bridgehead atoms. The second kappa shape index (κ2) is 8.72. The third-order valence-corrected chi connectivity index (χ3v) is 3.74. The van der Waals surface area contributed by atoms with Crippen LogP contribution in [0.25, 0.3) is 5.69 Å². The molecule has 1 saturated heterocycles. The first-order chi connectivity index (χ1) is 10.8. The predicted octanol–water partition coefficient (Wildman–Crippen LogP) is -0.812. The lowest BCUT2D eigenvalue weighted by molar-refractivity contribution is -0.115. The Morgan fingerprint density at radius 2 is 2.00 bits per heavy atom. The zero-order valence-corrected chi connectivity index (χ0v) is 13.6. The minimum absolute atomic E-state index is 0.